The van der Waals surface area contributed by atoms with E-state index >= 15 is 0 Å². The van der Waals surface area contributed by atoms with Gasteiger partial charge in [-0.3, -0.25) is 9.59 Å². The van der Waals surface area contributed by atoms with Crippen molar-refractivity contribution in [1.29, 1.82) is 0 Å². The highest BCUT2D eigenvalue weighted by Gasteiger charge is 2.08. The normalized spacial score (nSPS) is 10.6. The van der Waals surface area contributed by atoms with Crippen molar-refractivity contribution in [3.05, 3.63) is 94.5 Å². The molecule has 0 bridgehead atoms. The van der Waals surface area contributed by atoms with E-state index in [1.165, 1.54) is 6.21 Å². The smallest absolute Gasteiger partial charge is 0.271 e. The third kappa shape index (κ3) is 5.43. The summed E-state index contributed by atoms with van der Waals surface area (Å²) in [5.74, 6) is 0.000252. The number of benzene rings is 3. The predicted octanol–water partition coefficient (Wildman–Crippen LogP) is 4.36. The summed E-state index contributed by atoms with van der Waals surface area (Å²) in [7, 11) is 1.57. The minimum Gasteiger partial charge on any atom is -0.496 e. The molecule has 0 aromatic heterocycles. The lowest BCUT2D eigenvalue weighted by Crippen LogP contribution is -2.18. The summed E-state index contributed by atoms with van der Waals surface area (Å²) in [4.78, 5) is 24.5. The number of carbonyl (C=O) groups is 2. The summed E-state index contributed by atoms with van der Waals surface area (Å²) in [5.41, 5.74) is 4.62. The maximum atomic E-state index is 12.2. The average molecular weight is 408 g/mol. The number of rotatable bonds is 6. The number of anilines is 1. The first kappa shape index (κ1) is 20.1. The Kier molecular flexibility index (Phi) is 6.60. The van der Waals surface area contributed by atoms with Crippen LogP contribution < -0.4 is 15.5 Å². The van der Waals surface area contributed by atoms with Gasteiger partial charge in [-0.05, 0) is 54.6 Å². The second-order valence-electron chi connectivity index (χ2n) is 5.98. The summed E-state index contributed by atoms with van der Waals surface area (Å²) in [6.07, 6.45) is 1.51. The van der Waals surface area contributed by atoms with E-state index < -0.39 is 0 Å². The standard InChI is InChI=1S/C22H18ClN3O3/c1-29-20-8-3-2-5-17(20)14-24-26-22(28)15-9-11-19(12-10-15)25-21(27)16-6-4-7-18(23)13-16/h2-14H,1H3,(H,25,27)(H,26,28). The largest absolute Gasteiger partial charge is 0.496 e. The van der Waals surface area contributed by atoms with E-state index in [1.807, 2.05) is 18.2 Å². The maximum Gasteiger partial charge on any atom is 0.271 e. The van der Waals surface area contributed by atoms with Crippen LogP contribution in [0.2, 0.25) is 5.02 Å². The molecule has 0 radical (unpaired) electrons. The van der Waals surface area contributed by atoms with Crippen LogP contribution in [0.3, 0.4) is 0 Å². The van der Waals surface area contributed by atoms with Crippen LogP contribution in [0.4, 0.5) is 5.69 Å². The van der Waals surface area contributed by atoms with Crippen molar-refractivity contribution in [2.75, 3.05) is 12.4 Å². The van der Waals surface area contributed by atoms with Crippen molar-refractivity contribution in [2.24, 2.45) is 5.10 Å². The highest BCUT2D eigenvalue weighted by molar-refractivity contribution is 6.31. The van der Waals surface area contributed by atoms with Gasteiger partial charge in [0.1, 0.15) is 5.75 Å². The number of carbonyl (C=O) groups excluding carboxylic acids is 2. The van der Waals surface area contributed by atoms with Gasteiger partial charge in [-0.1, -0.05) is 29.8 Å². The lowest BCUT2D eigenvalue weighted by Gasteiger charge is -2.07. The van der Waals surface area contributed by atoms with Gasteiger partial charge in [-0.15, -0.1) is 0 Å². The molecule has 0 aliphatic heterocycles. The molecule has 146 valence electrons. The number of para-hydroxylation sites is 1. The Bertz CT molecular complexity index is 1050. The van der Waals surface area contributed by atoms with Gasteiger partial charge < -0.3 is 10.1 Å². The van der Waals surface area contributed by atoms with Crippen molar-refractivity contribution >= 4 is 35.3 Å². The molecule has 29 heavy (non-hydrogen) atoms. The van der Waals surface area contributed by atoms with Crippen LogP contribution in [0.15, 0.2) is 77.9 Å². The van der Waals surface area contributed by atoms with Crippen molar-refractivity contribution in [2.45, 2.75) is 0 Å². The fourth-order valence-electron chi connectivity index (χ4n) is 2.54. The monoisotopic (exact) mass is 407 g/mol. The average Bonchev–Trinajstić information content (AvgIpc) is 2.74. The summed E-state index contributed by atoms with van der Waals surface area (Å²) < 4.78 is 5.23. The van der Waals surface area contributed by atoms with Crippen molar-refractivity contribution in [3.63, 3.8) is 0 Å². The van der Waals surface area contributed by atoms with Crippen LogP contribution >= 0.6 is 11.6 Å². The SMILES string of the molecule is COc1ccccc1C=NNC(=O)c1ccc(NC(=O)c2cccc(Cl)c2)cc1. The van der Waals surface area contributed by atoms with E-state index in [9.17, 15) is 9.59 Å². The predicted molar refractivity (Wildman–Crippen MR) is 114 cm³/mol. The number of hydrazone groups is 1. The van der Waals surface area contributed by atoms with Crippen molar-refractivity contribution in [1.82, 2.24) is 5.43 Å². The van der Waals surface area contributed by atoms with Gasteiger partial charge in [-0.2, -0.15) is 5.10 Å². The molecule has 0 aliphatic carbocycles. The zero-order valence-corrected chi connectivity index (χ0v) is 16.3. The third-order valence-corrected chi connectivity index (χ3v) is 4.24. The fourth-order valence-corrected chi connectivity index (χ4v) is 2.73. The molecule has 3 rings (SSSR count). The highest BCUT2D eigenvalue weighted by Crippen LogP contribution is 2.16. The molecule has 0 heterocycles. The highest BCUT2D eigenvalue weighted by atomic mass is 35.5. The maximum absolute atomic E-state index is 12.2. The molecule has 0 saturated heterocycles. The van der Waals surface area contributed by atoms with E-state index in [0.717, 1.165) is 5.56 Å². The summed E-state index contributed by atoms with van der Waals surface area (Å²) in [6.45, 7) is 0. The Morgan fingerprint density at radius 1 is 0.931 bits per heavy atom. The van der Waals surface area contributed by atoms with E-state index in [4.69, 9.17) is 16.3 Å². The number of nitrogens with one attached hydrogen (secondary N) is 2. The molecule has 6 nitrogen and oxygen atoms in total. The third-order valence-electron chi connectivity index (χ3n) is 4.00. The molecule has 3 aromatic rings. The van der Waals surface area contributed by atoms with E-state index in [0.29, 0.717) is 27.6 Å². The second-order valence-corrected chi connectivity index (χ2v) is 6.42. The lowest BCUT2D eigenvalue weighted by atomic mass is 10.1. The second kappa shape index (κ2) is 9.52. The lowest BCUT2D eigenvalue weighted by molar-refractivity contribution is 0.0954. The number of halogens is 1. The number of methoxy groups -OCH3 is 1. The fraction of sp³-hybridized carbons (Fsp3) is 0.0455. The molecule has 0 spiro atoms. The van der Waals surface area contributed by atoms with Crippen LogP contribution in [0.1, 0.15) is 26.3 Å². The molecular formula is C22H18ClN3O3. The first-order valence-electron chi connectivity index (χ1n) is 8.70. The Morgan fingerprint density at radius 3 is 2.41 bits per heavy atom. The Hall–Kier alpha value is -3.64. The van der Waals surface area contributed by atoms with Gasteiger partial charge in [0.2, 0.25) is 0 Å². The quantitative estimate of drug-likeness (QED) is 0.470. The molecule has 0 saturated carbocycles. The molecule has 0 fully saturated rings. The zero-order valence-electron chi connectivity index (χ0n) is 15.6. The molecule has 0 aliphatic rings. The Morgan fingerprint density at radius 2 is 1.69 bits per heavy atom. The first-order valence-corrected chi connectivity index (χ1v) is 9.08. The molecular weight excluding hydrogens is 390 g/mol. The van der Waals surface area contributed by atoms with E-state index in [1.54, 1.807) is 61.7 Å². The van der Waals surface area contributed by atoms with Crippen LogP contribution in [-0.4, -0.2) is 25.1 Å². The Labute approximate surface area is 173 Å². The molecule has 7 heteroatoms. The van der Waals surface area contributed by atoms with Crippen LogP contribution in [0.25, 0.3) is 0 Å². The molecule has 2 amide bonds. The zero-order chi connectivity index (χ0) is 20.6. The molecule has 3 aromatic carbocycles. The van der Waals surface area contributed by atoms with Gasteiger partial charge in [0.05, 0.1) is 13.3 Å². The molecule has 2 N–H and O–H groups in total. The van der Waals surface area contributed by atoms with Gasteiger partial charge in [0.25, 0.3) is 11.8 Å². The minimum absolute atomic E-state index is 0.286. The number of hydrogen-bond acceptors (Lipinski definition) is 4. The van der Waals surface area contributed by atoms with Crippen molar-refractivity contribution in [3.8, 4) is 5.75 Å². The molecule has 0 atom stereocenters. The summed E-state index contributed by atoms with van der Waals surface area (Å²) in [5, 5.41) is 7.20. The van der Waals surface area contributed by atoms with Gasteiger partial charge in [0, 0.05) is 27.4 Å². The van der Waals surface area contributed by atoms with E-state index in [-0.39, 0.29) is 11.8 Å². The van der Waals surface area contributed by atoms with Crippen LogP contribution in [0.5, 0.6) is 5.75 Å². The van der Waals surface area contributed by atoms with Gasteiger partial charge >= 0.3 is 0 Å². The molecule has 0 unspecified atom stereocenters. The van der Waals surface area contributed by atoms with E-state index in [2.05, 4.69) is 15.8 Å². The van der Waals surface area contributed by atoms with Gasteiger partial charge in [0.15, 0.2) is 0 Å². The van der Waals surface area contributed by atoms with Crippen molar-refractivity contribution < 1.29 is 14.3 Å². The van der Waals surface area contributed by atoms with Crippen LogP contribution in [0, 0.1) is 0 Å². The number of hydrogen-bond donors (Lipinski definition) is 2. The topological polar surface area (TPSA) is 79.8 Å². The number of nitrogens with zero attached hydrogens (tertiary/aromatic N) is 1. The number of ether oxygens (including phenoxy) is 1. The van der Waals surface area contributed by atoms with Crippen LogP contribution in [-0.2, 0) is 0 Å². The summed E-state index contributed by atoms with van der Waals surface area (Å²) >= 11 is 5.90. The number of amides is 2. The van der Waals surface area contributed by atoms with Gasteiger partial charge in [-0.25, -0.2) is 5.43 Å². The Balaban J connectivity index is 1.60. The first-order chi connectivity index (χ1) is 14.1. The summed E-state index contributed by atoms with van der Waals surface area (Å²) in [6, 6.07) is 20.5. The minimum atomic E-state index is -0.371.